The van der Waals surface area contributed by atoms with Crippen molar-refractivity contribution in [3.63, 3.8) is 0 Å². The van der Waals surface area contributed by atoms with Gasteiger partial charge in [0.25, 0.3) is 0 Å². The first-order valence-electron chi connectivity index (χ1n) is 22.7. The number of Topliss-reactive ketones (excluding diaryl/α,β-unsaturated/α-hetero) is 1. The molecule has 7 N–H and O–H groups in total. The molecule has 0 amide bonds. The number of aliphatic hydroxyl groups is 5. The van der Waals surface area contributed by atoms with Gasteiger partial charge in [-0.2, -0.15) is 0 Å². The number of aliphatic imine (C=N–C) groups is 1. The van der Waals surface area contributed by atoms with Gasteiger partial charge < -0.3 is 68.7 Å². The number of hydrogen-bond acceptors (Lipinski definition) is 17. The second-order valence-electron chi connectivity index (χ2n) is 19.3. The van der Waals surface area contributed by atoms with E-state index in [4.69, 9.17) is 28.1 Å². The van der Waals surface area contributed by atoms with Gasteiger partial charge in [-0.1, -0.05) is 31.2 Å². The summed E-state index contributed by atoms with van der Waals surface area (Å²) in [4.78, 5) is 36.1. The zero-order chi connectivity index (χ0) is 46.9. The number of nitrogens with zero attached hydrogens (tertiary/aromatic N) is 2. The second kappa shape index (κ2) is 16.3. The lowest BCUT2D eigenvalue weighted by Gasteiger charge is -2.54. The minimum atomic E-state index is -2.58. The van der Waals surface area contributed by atoms with Crippen molar-refractivity contribution >= 4 is 51.1 Å². The lowest BCUT2D eigenvalue weighted by Crippen LogP contribution is -2.65. The third kappa shape index (κ3) is 6.81. The molecule has 0 spiro atoms. The molecule has 17 nitrogen and oxygen atoms in total. The Labute approximate surface area is 379 Å². The van der Waals surface area contributed by atoms with Gasteiger partial charge in [0.1, 0.15) is 41.0 Å². The van der Waals surface area contributed by atoms with Gasteiger partial charge in [-0.15, -0.1) is 0 Å². The second-order valence-corrected chi connectivity index (χ2v) is 19.3. The first kappa shape index (κ1) is 45.2. The third-order valence-electron chi connectivity index (χ3n) is 14.8. The summed E-state index contributed by atoms with van der Waals surface area (Å²) in [5, 5.41) is 80.5. The van der Waals surface area contributed by atoms with Gasteiger partial charge in [-0.3, -0.25) is 9.79 Å². The van der Waals surface area contributed by atoms with E-state index in [2.05, 4.69) is 4.99 Å². The highest BCUT2D eigenvalue weighted by atomic mass is 16.7. The molecule has 4 aromatic rings. The van der Waals surface area contributed by atoms with Crippen molar-refractivity contribution in [2.24, 2.45) is 10.9 Å². The van der Waals surface area contributed by atoms with E-state index in [1.165, 1.54) is 24.4 Å². The molecule has 2 aliphatic carbocycles. The molecule has 4 aliphatic heterocycles. The number of fused-ring (bicyclic) bond motifs is 5. The first-order chi connectivity index (χ1) is 31.3. The number of phenols is 2. The number of aromatic hydroxyl groups is 2. The van der Waals surface area contributed by atoms with E-state index >= 15 is 0 Å². The Morgan fingerprint density at radius 2 is 1.55 bits per heavy atom. The molecule has 352 valence electrons. The van der Waals surface area contributed by atoms with Crippen LogP contribution in [0, 0.1) is 5.92 Å². The molecule has 3 aromatic carbocycles. The number of hydrogen-bond donors (Lipinski definition) is 7. The fourth-order valence-electron chi connectivity index (χ4n) is 11.4. The van der Waals surface area contributed by atoms with Gasteiger partial charge in [0.15, 0.2) is 24.0 Å². The van der Waals surface area contributed by atoms with Crippen LogP contribution >= 0.6 is 0 Å². The van der Waals surface area contributed by atoms with Crippen molar-refractivity contribution in [3.8, 4) is 11.5 Å². The number of ether oxygens (including phenoxy) is 5. The SMILES string of the molecule is C[C@@H]1CC(=O)[C@]2(O)c3c(c(O)c4c(O)c([C@H]5C[C@@H](O)[C@H](O)[C@@H](C)O5)cc5/c(=C6\C=Nc7ccccc76)c(=O)oc3c45)C=C[C@]2(O[C@H]2C[C@H](N(C)C)[C@H](O[C@@H]3C[C@@H](O)[C@@H](O)[C@@H](C)O3)[C@H](C)O2)C1. The van der Waals surface area contributed by atoms with Crippen molar-refractivity contribution in [2.75, 3.05) is 14.1 Å². The summed E-state index contributed by atoms with van der Waals surface area (Å²) in [6.07, 6.45) is -5.48. The quantitative estimate of drug-likeness (QED) is 0.137. The molecule has 0 unspecified atom stereocenters. The number of carbonyl (C=O) groups excluding carboxylic acids is 1. The monoisotopic (exact) mass is 912 g/mol. The van der Waals surface area contributed by atoms with Gasteiger partial charge in [0, 0.05) is 76.5 Å². The molecule has 17 heteroatoms. The van der Waals surface area contributed by atoms with Crippen molar-refractivity contribution in [2.45, 2.75) is 145 Å². The maximum Gasteiger partial charge on any atom is 0.344 e. The zero-order valence-electron chi connectivity index (χ0n) is 37.5. The van der Waals surface area contributed by atoms with Gasteiger partial charge in [-0.25, -0.2) is 4.79 Å². The normalized spacial score (nSPS) is 38.5. The molecule has 15 atom stereocenters. The molecular formula is C49H56N2O15. The fraction of sp³-hybridized carbons (Fsp3) is 0.531. The Hall–Kier alpha value is -4.63. The van der Waals surface area contributed by atoms with E-state index in [1.807, 2.05) is 32.0 Å². The molecule has 1 aromatic heterocycles. The van der Waals surface area contributed by atoms with E-state index in [0.717, 1.165) is 0 Å². The Morgan fingerprint density at radius 1 is 0.848 bits per heavy atom. The van der Waals surface area contributed by atoms with E-state index in [9.17, 15) is 45.3 Å². The molecule has 66 heavy (non-hydrogen) atoms. The van der Waals surface area contributed by atoms with E-state index in [0.29, 0.717) is 16.8 Å². The number of aliphatic hydroxyl groups excluding tert-OH is 4. The highest BCUT2D eigenvalue weighted by molar-refractivity contribution is 6.22. The predicted octanol–water partition coefficient (Wildman–Crippen LogP) is 2.84. The number of ketones is 1. The number of carbonyl (C=O) groups is 1. The average molecular weight is 913 g/mol. The number of likely N-dealkylation sites (N-methyl/N-ethyl adjacent to an activating group) is 1. The van der Waals surface area contributed by atoms with Crippen molar-refractivity contribution in [1.82, 2.24) is 4.90 Å². The van der Waals surface area contributed by atoms with Gasteiger partial charge >= 0.3 is 5.63 Å². The Kier molecular flexibility index (Phi) is 11.1. The van der Waals surface area contributed by atoms with Crippen LogP contribution in [0.3, 0.4) is 0 Å². The summed E-state index contributed by atoms with van der Waals surface area (Å²) in [7, 11) is 3.74. The van der Waals surface area contributed by atoms with Crippen LogP contribution in [-0.4, -0.2) is 140 Å². The van der Waals surface area contributed by atoms with Crippen LogP contribution in [0.15, 0.2) is 50.6 Å². The Balaban J connectivity index is 1.14. The van der Waals surface area contributed by atoms with Gasteiger partial charge in [0.2, 0.25) is 0 Å². The highest BCUT2D eigenvalue weighted by Gasteiger charge is 2.64. The lowest BCUT2D eigenvalue weighted by atomic mass is 9.60. The van der Waals surface area contributed by atoms with Crippen LogP contribution in [-0.2, 0) is 34.1 Å². The Bertz CT molecular complexity index is 2780. The van der Waals surface area contributed by atoms with Crippen LogP contribution in [0.1, 0.15) is 88.2 Å². The molecular weight excluding hydrogens is 857 g/mol. The van der Waals surface area contributed by atoms with Crippen LogP contribution in [0.2, 0.25) is 0 Å². The molecule has 0 bridgehead atoms. The maximum atomic E-state index is 14.8. The smallest absolute Gasteiger partial charge is 0.344 e. The van der Waals surface area contributed by atoms with Crippen LogP contribution < -0.4 is 10.8 Å². The summed E-state index contributed by atoms with van der Waals surface area (Å²) in [6, 6.07) is 8.35. The Morgan fingerprint density at radius 3 is 2.26 bits per heavy atom. The average Bonchev–Trinajstić information content (AvgIpc) is 3.68. The molecule has 0 radical (unpaired) electrons. The van der Waals surface area contributed by atoms with Crippen molar-refractivity contribution in [3.05, 3.63) is 74.3 Å². The zero-order valence-corrected chi connectivity index (χ0v) is 37.5. The van der Waals surface area contributed by atoms with Gasteiger partial charge in [0.05, 0.1) is 52.9 Å². The topological polar surface area (TPSA) is 251 Å². The first-order valence-corrected chi connectivity index (χ1v) is 22.7. The fourth-order valence-corrected chi connectivity index (χ4v) is 11.4. The summed E-state index contributed by atoms with van der Waals surface area (Å²) < 4.78 is 38.2. The van der Waals surface area contributed by atoms with Crippen LogP contribution in [0.4, 0.5) is 5.69 Å². The van der Waals surface area contributed by atoms with Gasteiger partial charge in [-0.05, 0) is 65.4 Å². The largest absolute Gasteiger partial charge is 0.507 e. The summed E-state index contributed by atoms with van der Waals surface area (Å²) in [5.74, 6) is -1.94. The molecule has 5 heterocycles. The molecule has 10 rings (SSSR count). The molecule has 4 fully saturated rings. The number of para-hydroxylation sites is 1. The van der Waals surface area contributed by atoms with Crippen LogP contribution in [0.5, 0.6) is 11.5 Å². The van der Waals surface area contributed by atoms with Crippen molar-refractivity contribution in [1.29, 1.82) is 0 Å². The van der Waals surface area contributed by atoms with E-state index < -0.39 is 102 Å². The van der Waals surface area contributed by atoms with Crippen molar-refractivity contribution < 1.29 is 68.6 Å². The minimum Gasteiger partial charge on any atom is -0.507 e. The third-order valence-corrected chi connectivity index (χ3v) is 14.8. The lowest BCUT2D eigenvalue weighted by molar-refractivity contribution is -0.325. The molecule has 1 saturated carbocycles. The minimum absolute atomic E-state index is 0.0329. The summed E-state index contributed by atoms with van der Waals surface area (Å²) in [5.41, 5.74) is -4.11. The molecule has 6 aliphatic rings. The van der Waals surface area contributed by atoms with E-state index in [-0.39, 0.29) is 87.7 Å². The summed E-state index contributed by atoms with van der Waals surface area (Å²) >= 11 is 0. The standard InChI is InChI=1S/C49H56N2O15/c1-20-13-34(54)49(60)40-25(11-12-48(49,18-20)66-36-15-30(51(5)6)45(23(4)63-36)64-35-17-32(53)42(56)22(3)62-35)43(57)39-38-27(14-26(44(39)58)33-16-31(52)41(55)21(2)61-33)37(47(59)65-46(38)40)28-19-50-29-10-8-7-9-24(28)29/h7-12,14,19-23,30-33,35-36,41-42,45,52-53,55-58,60H,13,15-18H2,1-6H3/b37-28-/t20-,21-,22-,23+,30+,31-,32-,33-,35-,36+,41-,42+,45-,48+,49+/m1/s1. The van der Waals surface area contributed by atoms with Crippen LogP contribution in [0.25, 0.3) is 33.4 Å². The van der Waals surface area contributed by atoms with E-state index in [1.54, 1.807) is 39.0 Å². The molecule has 3 saturated heterocycles. The highest BCUT2D eigenvalue weighted by Crippen LogP contribution is 2.58. The summed E-state index contributed by atoms with van der Waals surface area (Å²) in [6.45, 7) is 6.91. The maximum absolute atomic E-state index is 14.8. The number of rotatable bonds is 6. The number of benzene rings is 3. The predicted molar refractivity (Wildman–Crippen MR) is 238 cm³/mol. The number of phenolic OH excluding ortho intramolecular Hbond substituents is 2.